The number of nitrogens with zero attached hydrogens (tertiary/aromatic N) is 1. The van der Waals surface area contributed by atoms with Crippen molar-refractivity contribution in [3.8, 4) is 0 Å². The molecule has 0 aliphatic heterocycles. The summed E-state index contributed by atoms with van der Waals surface area (Å²) in [6.45, 7) is 2.59. The third-order valence-electron chi connectivity index (χ3n) is 2.51. The second-order valence-electron chi connectivity index (χ2n) is 3.95. The summed E-state index contributed by atoms with van der Waals surface area (Å²) in [5.41, 5.74) is 0.944. The Morgan fingerprint density at radius 3 is 2.56 bits per heavy atom. The van der Waals surface area contributed by atoms with Crippen molar-refractivity contribution in [1.82, 2.24) is 0 Å². The predicted octanol–water partition coefficient (Wildman–Crippen LogP) is 3.39. The minimum atomic E-state index is -0.340. The number of carbonyl (C=O) groups excluding carboxylic acids is 2. The first-order valence-electron chi connectivity index (χ1n) is 6.13. The third kappa shape index (κ3) is 4.93. The van der Waals surface area contributed by atoms with Crippen LogP contribution in [0, 0.1) is 0 Å². The molecular weight excluding hydrogens is 230 g/mol. The summed E-state index contributed by atoms with van der Waals surface area (Å²) in [6, 6.07) is 6.34. The van der Waals surface area contributed by atoms with Crippen molar-refractivity contribution >= 4 is 17.7 Å². The van der Waals surface area contributed by atoms with Crippen LogP contribution >= 0.6 is 0 Å². The Kier molecular flexibility index (Phi) is 6.44. The van der Waals surface area contributed by atoms with E-state index in [1.165, 1.54) is 6.08 Å². The molecule has 0 aliphatic rings. The largest absolute Gasteiger partial charge is 0.462 e. The topological polar surface area (TPSA) is 55.7 Å². The zero-order chi connectivity index (χ0) is 13.2. The van der Waals surface area contributed by atoms with E-state index in [1.807, 2.05) is 0 Å². The molecule has 0 spiro atoms. The summed E-state index contributed by atoms with van der Waals surface area (Å²) in [7, 11) is 0. The number of carbonyl (C=O) groups is 1. The molecule has 0 saturated carbocycles. The minimum absolute atomic E-state index is 0.340. The molecule has 0 amide bonds. The quantitative estimate of drug-likeness (QED) is 0.321. The maximum atomic E-state index is 11.6. The zero-order valence-electron chi connectivity index (χ0n) is 10.5. The molecule has 4 heteroatoms. The molecule has 0 aliphatic carbocycles. The van der Waals surface area contributed by atoms with Crippen LogP contribution in [0.1, 0.15) is 43.0 Å². The Balaban J connectivity index is 2.39. The van der Waals surface area contributed by atoms with Gasteiger partial charge in [0.25, 0.3) is 0 Å². The highest BCUT2D eigenvalue weighted by Crippen LogP contribution is 2.13. The van der Waals surface area contributed by atoms with Gasteiger partial charge in [0.2, 0.25) is 6.08 Å². The second-order valence-corrected chi connectivity index (χ2v) is 3.95. The van der Waals surface area contributed by atoms with E-state index in [-0.39, 0.29) is 5.97 Å². The average Bonchev–Trinajstić information content (AvgIpc) is 2.39. The molecule has 18 heavy (non-hydrogen) atoms. The predicted molar refractivity (Wildman–Crippen MR) is 68.6 cm³/mol. The van der Waals surface area contributed by atoms with Crippen molar-refractivity contribution < 1.29 is 14.3 Å². The van der Waals surface area contributed by atoms with Crippen LogP contribution in [0.3, 0.4) is 0 Å². The fraction of sp³-hybridized carbons (Fsp3) is 0.429. The van der Waals surface area contributed by atoms with Gasteiger partial charge in [0.1, 0.15) is 0 Å². The number of esters is 1. The van der Waals surface area contributed by atoms with Gasteiger partial charge in [0, 0.05) is 0 Å². The molecule has 4 nitrogen and oxygen atoms in total. The molecule has 0 heterocycles. The SMILES string of the molecule is CCCCCCOC(=O)c1ccc(N=C=O)cc1. The van der Waals surface area contributed by atoms with Crippen LogP contribution in [0.2, 0.25) is 0 Å². The lowest BCUT2D eigenvalue weighted by molar-refractivity contribution is 0.0498. The molecule has 0 aromatic heterocycles. The number of aliphatic imine (C=N–C) groups is 1. The van der Waals surface area contributed by atoms with E-state index in [9.17, 15) is 9.59 Å². The summed E-state index contributed by atoms with van der Waals surface area (Å²) in [5.74, 6) is -0.340. The lowest BCUT2D eigenvalue weighted by Gasteiger charge is -2.04. The Bertz CT molecular complexity index is 419. The Morgan fingerprint density at radius 2 is 1.94 bits per heavy atom. The van der Waals surface area contributed by atoms with Crippen LogP contribution < -0.4 is 0 Å². The first kappa shape index (κ1) is 14.1. The highest BCUT2D eigenvalue weighted by atomic mass is 16.5. The Morgan fingerprint density at radius 1 is 1.22 bits per heavy atom. The van der Waals surface area contributed by atoms with Crippen LogP contribution in [0.25, 0.3) is 0 Å². The number of unbranched alkanes of at least 4 members (excludes halogenated alkanes) is 3. The number of ether oxygens (including phenoxy) is 1. The maximum absolute atomic E-state index is 11.6. The maximum Gasteiger partial charge on any atom is 0.338 e. The van der Waals surface area contributed by atoms with E-state index in [4.69, 9.17) is 4.74 Å². The van der Waals surface area contributed by atoms with Crippen LogP contribution in [-0.4, -0.2) is 18.7 Å². The normalized spacial score (nSPS) is 9.61. The van der Waals surface area contributed by atoms with E-state index < -0.39 is 0 Å². The van der Waals surface area contributed by atoms with E-state index in [0.717, 1.165) is 25.7 Å². The molecule has 0 bridgehead atoms. The summed E-state index contributed by atoms with van der Waals surface area (Å²) in [4.78, 5) is 25.1. The third-order valence-corrected chi connectivity index (χ3v) is 2.51. The Hall–Kier alpha value is -1.93. The van der Waals surface area contributed by atoms with Crippen LogP contribution in [0.15, 0.2) is 29.3 Å². The first-order chi connectivity index (χ1) is 8.77. The molecule has 96 valence electrons. The lowest BCUT2D eigenvalue weighted by Crippen LogP contribution is -2.06. The van der Waals surface area contributed by atoms with Crippen molar-refractivity contribution in [3.05, 3.63) is 29.8 Å². The highest BCUT2D eigenvalue weighted by molar-refractivity contribution is 5.89. The Labute approximate surface area is 107 Å². The van der Waals surface area contributed by atoms with E-state index in [1.54, 1.807) is 24.3 Å². The molecule has 0 saturated heterocycles. The summed E-state index contributed by atoms with van der Waals surface area (Å²) < 4.78 is 5.13. The van der Waals surface area contributed by atoms with Crippen molar-refractivity contribution in [2.45, 2.75) is 32.6 Å². The molecule has 1 rings (SSSR count). The molecule has 0 atom stereocenters. The summed E-state index contributed by atoms with van der Waals surface area (Å²) in [6.07, 6.45) is 5.74. The molecule has 1 aromatic carbocycles. The average molecular weight is 247 g/mol. The van der Waals surface area contributed by atoms with Crippen molar-refractivity contribution in [2.24, 2.45) is 4.99 Å². The second kappa shape index (κ2) is 8.20. The van der Waals surface area contributed by atoms with Crippen molar-refractivity contribution in [2.75, 3.05) is 6.61 Å². The van der Waals surface area contributed by atoms with Gasteiger partial charge >= 0.3 is 5.97 Å². The van der Waals surface area contributed by atoms with Crippen LogP contribution in [0.4, 0.5) is 5.69 Å². The zero-order valence-corrected chi connectivity index (χ0v) is 10.5. The van der Waals surface area contributed by atoms with Gasteiger partial charge in [-0.25, -0.2) is 9.59 Å². The first-order valence-corrected chi connectivity index (χ1v) is 6.13. The monoisotopic (exact) mass is 247 g/mol. The van der Waals surface area contributed by atoms with E-state index in [2.05, 4.69) is 11.9 Å². The molecule has 0 unspecified atom stereocenters. The standard InChI is InChI=1S/C14H17NO3/c1-2-3-4-5-10-18-14(17)12-6-8-13(9-7-12)15-11-16/h6-9H,2-5,10H2,1H3. The number of hydrogen-bond donors (Lipinski definition) is 0. The fourth-order valence-electron chi connectivity index (χ4n) is 1.50. The highest BCUT2D eigenvalue weighted by Gasteiger charge is 2.06. The van der Waals surface area contributed by atoms with E-state index >= 15 is 0 Å². The van der Waals surface area contributed by atoms with Crippen molar-refractivity contribution in [1.29, 1.82) is 0 Å². The van der Waals surface area contributed by atoms with Gasteiger partial charge < -0.3 is 4.74 Å². The van der Waals surface area contributed by atoms with Gasteiger partial charge in [-0.3, -0.25) is 0 Å². The molecule has 0 fully saturated rings. The number of hydrogen-bond acceptors (Lipinski definition) is 4. The summed E-state index contributed by atoms with van der Waals surface area (Å²) >= 11 is 0. The fourth-order valence-corrected chi connectivity index (χ4v) is 1.50. The number of benzene rings is 1. The van der Waals surface area contributed by atoms with Gasteiger partial charge in [-0.2, -0.15) is 4.99 Å². The van der Waals surface area contributed by atoms with Gasteiger partial charge in [0.05, 0.1) is 17.9 Å². The lowest BCUT2D eigenvalue weighted by atomic mass is 10.2. The van der Waals surface area contributed by atoms with Gasteiger partial charge in [-0.1, -0.05) is 26.2 Å². The molecule has 0 radical (unpaired) electrons. The smallest absolute Gasteiger partial charge is 0.338 e. The summed E-state index contributed by atoms with van der Waals surface area (Å²) in [5, 5.41) is 0. The van der Waals surface area contributed by atoms with Crippen LogP contribution in [-0.2, 0) is 9.53 Å². The number of isocyanates is 1. The molecule has 0 N–H and O–H groups in total. The van der Waals surface area contributed by atoms with Crippen LogP contribution in [0.5, 0.6) is 0 Å². The minimum Gasteiger partial charge on any atom is -0.462 e. The molecular formula is C14H17NO3. The van der Waals surface area contributed by atoms with Gasteiger partial charge in [-0.05, 0) is 30.7 Å². The van der Waals surface area contributed by atoms with Gasteiger partial charge in [0.15, 0.2) is 0 Å². The number of rotatable bonds is 7. The molecule has 1 aromatic rings. The van der Waals surface area contributed by atoms with E-state index in [0.29, 0.717) is 17.9 Å². The van der Waals surface area contributed by atoms with Crippen molar-refractivity contribution in [3.63, 3.8) is 0 Å². The van der Waals surface area contributed by atoms with Gasteiger partial charge in [-0.15, -0.1) is 0 Å².